The highest BCUT2D eigenvalue weighted by Gasteiger charge is 2.11. The van der Waals surface area contributed by atoms with Gasteiger partial charge in [-0.05, 0) is 29.3 Å². The summed E-state index contributed by atoms with van der Waals surface area (Å²) in [5.74, 6) is 0.287. The second-order valence-electron chi connectivity index (χ2n) is 4.31. The van der Waals surface area contributed by atoms with Crippen molar-refractivity contribution in [1.82, 2.24) is 5.16 Å². The van der Waals surface area contributed by atoms with E-state index >= 15 is 0 Å². The fourth-order valence-corrected chi connectivity index (χ4v) is 2.14. The molecule has 20 heavy (non-hydrogen) atoms. The van der Waals surface area contributed by atoms with Gasteiger partial charge >= 0.3 is 6.03 Å². The van der Waals surface area contributed by atoms with Gasteiger partial charge in [-0.15, -0.1) is 0 Å². The molecule has 5 N–H and O–H groups in total. The molecule has 0 saturated carbocycles. The van der Waals surface area contributed by atoms with Gasteiger partial charge in [-0.2, -0.15) is 0 Å². The summed E-state index contributed by atoms with van der Waals surface area (Å²) in [7, 11) is 0. The van der Waals surface area contributed by atoms with Crippen LogP contribution in [-0.2, 0) is 0 Å². The molecule has 2 aromatic carbocycles. The Balaban J connectivity index is 2.07. The van der Waals surface area contributed by atoms with Crippen LogP contribution in [0.25, 0.3) is 22.0 Å². The molecular weight excluding hydrogens is 256 g/mol. The molecule has 0 aliphatic carbocycles. The zero-order valence-electron chi connectivity index (χ0n) is 10.5. The number of hydrogen-bond donors (Lipinski definition) is 3. The first kappa shape index (κ1) is 12.0. The predicted molar refractivity (Wildman–Crippen MR) is 77.1 cm³/mol. The maximum absolute atomic E-state index is 10.8. The maximum Gasteiger partial charge on any atom is 0.316 e. The van der Waals surface area contributed by atoms with E-state index in [0.29, 0.717) is 11.2 Å². The summed E-state index contributed by atoms with van der Waals surface area (Å²) >= 11 is 0. The van der Waals surface area contributed by atoms with Crippen LogP contribution in [0.2, 0.25) is 0 Å². The third-order valence-corrected chi connectivity index (χ3v) is 2.99. The number of primary amides is 1. The highest BCUT2D eigenvalue weighted by Crippen LogP contribution is 2.32. The molecule has 2 amide bonds. The van der Waals surface area contributed by atoms with Gasteiger partial charge in [0.25, 0.3) is 0 Å². The van der Waals surface area contributed by atoms with E-state index in [2.05, 4.69) is 10.5 Å². The quantitative estimate of drug-likeness (QED) is 0.663. The zero-order valence-corrected chi connectivity index (χ0v) is 10.5. The summed E-state index contributed by atoms with van der Waals surface area (Å²) < 4.78 is 5.01. The van der Waals surface area contributed by atoms with E-state index in [1.54, 1.807) is 12.1 Å². The third kappa shape index (κ3) is 2.03. The highest BCUT2D eigenvalue weighted by atomic mass is 16.5. The first-order valence-electron chi connectivity index (χ1n) is 5.96. The number of benzene rings is 2. The average molecular weight is 268 g/mol. The van der Waals surface area contributed by atoms with Gasteiger partial charge in [-0.3, -0.25) is 0 Å². The van der Waals surface area contributed by atoms with Crippen molar-refractivity contribution in [2.45, 2.75) is 0 Å². The molecule has 100 valence electrons. The molecule has 0 bridgehead atoms. The number of nitrogens with one attached hydrogen (secondary N) is 1. The van der Waals surface area contributed by atoms with Gasteiger partial charge < -0.3 is 21.3 Å². The van der Waals surface area contributed by atoms with Crippen molar-refractivity contribution in [2.24, 2.45) is 5.73 Å². The lowest BCUT2D eigenvalue weighted by Gasteiger charge is -2.05. The minimum atomic E-state index is -0.594. The molecule has 0 fully saturated rings. The van der Waals surface area contributed by atoms with Gasteiger partial charge in [0.05, 0.1) is 5.39 Å². The number of anilines is 2. The number of carbonyl (C=O) groups is 1. The van der Waals surface area contributed by atoms with Gasteiger partial charge in [0, 0.05) is 5.69 Å². The number of nitrogens with two attached hydrogens (primary N) is 2. The van der Waals surface area contributed by atoms with E-state index in [1.165, 1.54) is 0 Å². The van der Waals surface area contributed by atoms with Crippen LogP contribution in [0.3, 0.4) is 0 Å². The van der Waals surface area contributed by atoms with Crippen molar-refractivity contribution in [3.05, 3.63) is 42.5 Å². The van der Waals surface area contributed by atoms with Crippen LogP contribution in [0.15, 0.2) is 47.0 Å². The van der Waals surface area contributed by atoms with E-state index in [-0.39, 0.29) is 5.88 Å². The first-order valence-corrected chi connectivity index (χ1v) is 5.96. The number of rotatable bonds is 2. The molecule has 6 heteroatoms. The molecule has 1 heterocycles. The van der Waals surface area contributed by atoms with Gasteiger partial charge in [0.1, 0.15) is 5.52 Å². The molecule has 3 aromatic rings. The van der Waals surface area contributed by atoms with Crippen LogP contribution < -0.4 is 16.8 Å². The Morgan fingerprint density at radius 1 is 1.15 bits per heavy atom. The standard InChI is InChI=1S/C14H12N4O2/c15-13-12-10(2-1-3-11(12)18-20-13)8-4-6-9(7-5-8)17-14(16)19/h1-7H,15H2,(H3,16,17,19). The molecular formula is C14H12N4O2. The number of hydrogen-bond acceptors (Lipinski definition) is 4. The molecule has 3 rings (SSSR count). The van der Waals surface area contributed by atoms with Crippen LogP contribution in [0.4, 0.5) is 16.4 Å². The second-order valence-corrected chi connectivity index (χ2v) is 4.31. The molecule has 0 saturated heterocycles. The minimum Gasteiger partial charge on any atom is -0.367 e. The lowest BCUT2D eigenvalue weighted by molar-refractivity contribution is 0.259. The number of carbonyl (C=O) groups excluding carboxylic acids is 1. The van der Waals surface area contributed by atoms with Crippen molar-refractivity contribution in [1.29, 1.82) is 0 Å². The van der Waals surface area contributed by atoms with Crippen molar-refractivity contribution in [2.75, 3.05) is 11.1 Å². The Bertz CT molecular complexity index is 777. The Morgan fingerprint density at radius 2 is 1.90 bits per heavy atom. The van der Waals surface area contributed by atoms with Gasteiger partial charge in [0.2, 0.25) is 5.88 Å². The molecule has 0 spiro atoms. The van der Waals surface area contributed by atoms with Crippen molar-refractivity contribution < 1.29 is 9.32 Å². The van der Waals surface area contributed by atoms with E-state index < -0.39 is 6.03 Å². The number of fused-ring (bicyclic) bond motifs is 1. The van der Waals surface area contributed by atoms with Crippen LogP contribution in [0.1, 0.15) is 0 Å². The predicted octanol–water partition coefficient (Wildman–Crippen LogP) is 2.57. The number of aromatic nitrogens is 1. The largest absolute Gasteiger partial charge is 0.367 e. The first-order chi connectivity index (χ1) is 9.65. The topological polar surface area (TPSA) is 107 Å². The van der Waals surface area contributed by atoms with Gasteiger partial charge in [-0.1, -0.05) is 29.4 Å². The Morgan fingerprint density at radius 3 is 2.60 bits per heavy atom. The minimum absolute atomic E-state index is 0.287. The molecule has 0 radical (unpaired) electrons. The molecule has 0 aliphatic rings. The van der Waals surface area contributed by atoms with E-state index in [4.69, 9.17) is 16.0 Å². The second kappa shape index (κ2) is 4.58. The molecule has 0 unspecified atom stereocenters. The summed E-state index contributed by atoms with van der Waals surface area (Å²) in [6.07, 6.45) is 0. The fraction of sp³-hybridized carbons (Fsp3) is 0. The maximum atomic E-state index is 10.8. The lowest BCUT2D eigenvalue weighted by atomic mass is 10.0. The van der Waals surface area contributed by atoms with E-state index in [1.807, 2.05) is 30.3 Å². The zero-order chi connectivity index (χ0) is 14.1. The highest BCUT2D eigenvalue weighted by molar-refractivity contribution is 6.01. The Hall–Kier alpha value is -3.02. The van der Waals surface area contributed by atoms with Crippen LogP contribution in [0, 0.1) is 0 Å². The number of urea groups is 1. The number of nitrogens with zero attached hydrogens (tertiary/aromatic N) is 1. The lowest BCUT2D eigenvalue weighted by Crippen LogP contribution is -2.19. The Kier molecular flexibility index (Phi) is 2.76. The average Bonchev–Trinajstić information content (AvgIpc) is 2.81. The molecule has 0 atom stereocenters. The summed E-state index contributed by atoms with van der Waals surface area (Å²) in [6.45, 7) is 0. The van der Waals surface area contributed by atoms with Crippen LogP contribution in [-0.4, -0.2) is 11.2 Å². The van der Waals surface area contributed by atoms with Crippen molar-refractivity contribution >= 4 is 28.5 Å². The smallest absolute Gasteiger partial charge is 0.316 e. The Labute approximate surface area is 114 Å². The summed E-state index contributed by atoms with van der Waals surface area (Å²) in [4.78, 5) is 10.8. The number of amides is 2. The normalized spacial score (nSPS) is 10.6. The molecule has 1 aromatic heterocycles. The molecule has 0 aliphatic heterocycles. The van der Waals surface area contributed by atoms with Crippen molar-refractivity contribution in [3.63, 3.8) is 0 Å². The van der Waals surface area contributed by atoms with Crippen molar-refractivity contribution in [3.8, 4) is 11.1 Å². The van der Waals surface area contributed by atoms with E-state index in [9.17, 15) is 4.79 Å². The van der Waals surface area contributed by atoms with Crippen LogP contribution >= 0.6 is 0 Å². The number of nitrogen functional groups attached to an aromatic ring is 1. The molecule has 6 nitrogen and oxygen atoms in total. The van der Waals surface area contributed by atoms with E-state index in [0.717, 1.165) is 16.5 Å². The fourth-order valence-electron chi connectivity index (χ4n) is 2.14. The third-order valence-electron chi connectivity index (χ3n) is 2.99. The summed E-state index contributed by atoms with van der Waals surface area (Å²) in [5.41, 5.74) is 14.1. The van der Waals surface area contributed by atoms with Gasteiger partial charge in [0.15, 0.2) is 0 Å². The van der Waals surface area contributed by atoms with Crippen LogP contribution in [0.5, 0.6) is 0 Å². The summed E-state index contributed by atoms with van der Waals surface area (Å²) in [5, 5.41) is 7.18. The monoisotopic (exact) mass is 268 g/mol. The summed E-state index contributed by atoms with van der Waals surface area (Å²) in [6, 6.07) is 12.3. The van der Waals surface area contributed by atoms with Gasteiger partial charge in [-0.25, -0.2) is 4.79 Å². The SMILES string of the molecule is NC(=O)Nc1ccc(-c2cccc3noc(N)c23)cc1.